The molecule has 0 amide bonds. The number of aliphatic hydroxyl groups is 1. The van der Waals surface area contributed by atoms with Crippen LogP contribution >= 0.6 is 0 Å². The Kier molecular flexibility index (Phi) is 4.70. The molecule has 2 N–H and O–H groups in total. The largest absolute Gasteiger partial charge is 0.392 e. The zero-order valence-corrected chi connectivity index (χ0v) is 8.79. The van der Waals surface area contributed by atoms with E-state index in [1.54, 1.807) is 0 Å². The van der Waals surface area contributed by atoms with Gasteiger partial charge in [-0.3, -0.25) is 0 Å². The van der Waals surface area contributed by atoms with E-state index >= 15 is 0 Å². The van der Waals surface area contributed by atoms with Crippen LogP contribution in [0.15, 0.2) is 0 Å². The average molecular weight is 186 g/mol. The molecule has 0 radical (unpaired) electrons. The van der Waals surface area contributed by atoms with Crippen molar-refractivity contribution in [1.82, 2.24) is 10.2 Å². The third-order valence-corrected chi connectivity index (χ3v) is 2.45. The van der Waals surface area contributed by atoms with Crippen LogP contribution in [0.1, 0.15) is 26.7 Å². The molecule has 13 heavy (non-hydrogen) atoms. The molecule has 1 heterocycles. The second-order valence-electron chi connectivity index (χ2n) is 4.21. The molecule has 1 atom stereocenters. The summed E-state index contributed by atoms with van der Waals surface area (Å²) < 4.78 is 0. The van der Waals surface area contributed by atoms with Crippen molar-refractivity contribution in [2.75, 3.05) is 26.2 Å². The second kappa shape index (κ2) is 5.58. The van der Waals surface area contributed by atoms with E-state index in [1.165, 1.54) is 6.42 Å². The summed E-state index contributed by atoms with van der Waals surface area (Å²) in [4.78, 5) is 2.34. The number of rotatable bonds is 5. The highest BCUT2D eigenvalue weighted by molar-refractivity contribution is 4.74. The average Bonchev–Trinajstić information content (AvgIpc) is 2.45. The van der Waals surface area contributed by atoms with E-state index in [9.17, 15) is 5.11 Å². The Bertz CT molecular complexity index is 139. The van der Waals surface area contributed by atoms with Gasteiger partial charge < -0.3 is 15.3 Å². The van der Waals surface area contributed by atoms with Crippen molar-refractivity contribution in [3.8, 4) is 0 Å². The molecule has 1 fully saturated rings. The molecule has 0 aromatic heterocycles. The summed E-state index contributed by atoms with van der Waals surface area (Å²) in [5, 5.41) is 12.7. The summed E-state index contributed by atoms with van der Waals surface area (Å²) in [6.45, 7) is 8.49. The topological polar surface area (TPSA) is 35.5 Å². The monoisotopic (exact) mass is 186 g/mol. The Hall–Kier alpha value is -0.120. The highest BCUT2D eigenvalue weighted by Crippen LogP contribution is 2.08. The van der Waals surface area contributed by atoms with E-state index in [-0.39, 0.29) is 6.10 Å². The molecule has 1 rings (SSSR count). The van der Waals surface area contributed by atoms with Gasteiger partial charge in [-0.15, -0.1) is 0 Å². The van der Waals surface area contributed by atoms with Gasteiger partial charge in [-0.2, -0.15) is 0 Å². The highest BCUT2D eigenvalue weighted by atomic mass is 16.3. The van der Waals surface area contributed by atoms with Crippen LogP contribution in [0.5, 0.6) is 0 Å². The highest BCUT2D eigenvalue weighted by Gasteiger charge is 2.18. The molecular formula is C10H22N2O. The predicted molar refractivity (Wildman–Crippen MR) is 54.8 cm³/mol. The molecule has 0 aromatic rings. The number of hydrogen-bond acceptors (Lipinski definition) is 3. The zero-order chi connectivity index (χ0) is 9.68. The van der Waals surface area contributed by atoms with Crippen molar-refractivity contribution < 1.29 is 5.11 Å². The first-order valence-corrected chi connectivity index (χ1v) is 5.32. The van der Waals surface area contributed by atoms with Crippen LogP contribution in [0.25, 0.3) is 0 Å². The lowest BCUT2D eigenvalue weighted by atomic mass is 10.3. The fourth-order valence-electron chi connectivity index (χ4n) is 1.71. The summed E-state index contributed by atoms with van der Waals surface area (Å²) in [5.74, 6) is 0. The third-order valence-electron chi connectivity index (χ3n) is 2.45. The number of β-amino-alcohol motifs (C(OH)–C–C–N with tert-alkyl or cyclic N) is 1. The first-order chi connectivity index (χ1) is 6.18. The van der Waals surface area contributed by atoms with Gasteiger partial charge >= 0.3 is 0 Å². The molecule has 78 valence electrons. The van der Waals surface area contributed by atoms with Gasteiger partial charge in [0.1, 0.15) is 0 Å². The lowest BCUT2D eigenvalue weighted by Gasteiger charge is -2.15. The molecule has 3 heteroatoms. The molecule has 0 spiro atoms. The van der Waals surface area contributed by atoms with Crippen molar-refractivity contribution >= 4 is 0 Å². The Balaban J connectivity index is 1.94. The molecule has 0 bridgehead atoms. The predicted octanol–water partition coefficient (Wildman–Crippen LogP) is 0.441. The van der Waals surface area contributed by atoms with Gasteiger partial charge in [0, 0.05) is 19.1 Å². The standard InChI is InChI=1S/C10H22N2O/c1-9(2)11-5-3-6-12-7-4-10(13)8-12/h9-11,13H,3-8H2,1-2H3. The Morgan fingerprint density at radius 3 is 2.85 bits per heavy atom. The first kappa shape index (κ1) is 11.0. The van der Waals surface area contributed by atoms with E-state index < -0.39 is 0 Å². The van der Waals surface area contributed by atoms with Crippen LogP contribution in [0.4, 0.5) is 0 Å². The fraction of sp³-hybridized carbons (Fsp3) is 1.00. The molecule has 3 nitrogen and oxygen atoms in total. The Morgan fingerprint density at radius 1 is 1.54 bits per heavy atom. The first-order valence-electron chi connectivity index (χ1n) is 5.32. The minimum absolute atomic E-state index is 0.0712. The summed E-state index contributed by atoms with van der Waals surface area (Å²) in [7, 11) is 0. The van der Waals surface area contributed by atoms with Crippen molar-refractivity contribution in [3.63, 3.8) is 0 Å². The summed E-state index contributed by atoms with van der Waals surface area (Å²) in [6, 6.07) is 0.587. The van der Waals surface area contributed by atoms with Gasteiger partial charge in [0.15, 0.2) is 0 Å². The van der Waals surface area contributed by atoms with Crippen molar-refractivity contribution in [3.05, 3.63) is 0 Å². The second-order valence-corrected chi connectivity index (χ2v) is 4.21. The van der Waals surface area contributed by atoms with Gasteiger partial charge in [0.2, 0.25) is 0 Å². The zero-order valence-electron chi connectivity index (χ0n) is 8.79. The third kappa shape index (κ3) is 4.60. The van der Waals surface area contributed by atoms with Gasteiger partial charge in [0.05, 0.1) is 6.10 Å². The maximum absolute atomic E-state index is 9.29. The van der Waals surface area contributed by atoms with Crippen molar-refractivity contribution in [1.29, 1.82) is 0 Å². The lowest BCUT2D eigenvalue weighted by molar-refractivity contribution is 0.176. The Labute approximate surface area is 81.1 Å². The number of aliphatic hydroxyl groups excluding tert-OH is 1. The van der Waals surface area contributed by atoms with Crippen LogP contribution in [0.3, 0.4) is 0 Å². The van der Waals surface area contributed by atoms with Gasteiger partial charge in [-0.05, 0) is 25.9 Å². The van der Waals surface area contributed by atoms with Crippen LogP contribution in [-0.2, 0) is 0 Å². The van der Waals surface area contributed by atoms with Crippen LogP contribution in [0, 0.1) is 0 Å². The molecule has 0 aliphatic carbocycles. The Morgan fingerprint density at radius 2 is 2.31 bits per heavy atom. The normalized spacial score (nSPS) is 24.5. The maximum Gasteiger partial charge on any atom is 0.0679 e. The lowest BCUT2D eigenvalue weighted by Crippen LogP contribution is -2.29. The van der Waals surface area contributed by atoms with Crippen molar-refractivity contribution in [2.45, 2.75) is 38.8 Å². The number of hydrogen-bond donors (Lipinski definition) is 2. The summed E-state index contributed by atoms with van der Waals surface area (Å²) in [5.41, 5.74) is 0. The molecule has 1 aliphatic rings. The SMILES string of the molecule is CC(C)NCCCN1CCC(O)C1. The molecule has 1 saturated heterocycles. The van der Waals surface area contributed by atoms with Gasteiger partial charge in [-0.1, -0.05) is 13.8 Å². The molecule has 1 aliphatic heterocycles. The number of likely N-dealkylation sites (tertiary alicyclic amines) is 1. The summed E-state index contributed by atoms with van der Waals surface area (Å²) >= 11 is 0. The van der Waals surface area contributed by atoms with E-state index in [0.717, 1.165) is 32.6 Å². The fourth-order valence-corrected chi connectivity index (χ4v) is 1.71. The van der Waals surface area contributed by atoms with E-state index in [0.29, 0.717) is 6.04 Å². The molecular weight excluding hydrogens is 164 g/mol. The number of nitrogens with one attached hydrogen (secondary N) is 1. The maximum atomic E-state index is 9.29. The molecule has 0 aromatic carbocycles. The number of nitrogens with zero attached hydrogens (tertiary/aromatic N) is 1. The smallest absolute Gasteiger partial charge is 0.0679 e. The molecule has 0 saturated carbocycles. The van der Waals surface area contributed by atoms with E-state index in [1.807, 2.05) is 0 Å². The van der Waals surface area contributed by atoms with Crippen LogP contribution in [0.2, 0.25) is 0 Å². The van der Waals surface area contributed by atoms with Gasteiger partial charge in [0.25, 0.3) is 0 Å². The minimum Gasteiger partial charge on any atom is -0.392 e. The van der Waals surface area contributed by atoms with Crippen LogP contribution < -0.4 is 5.32 Å². The van der Waals surface area contributed by atoms with Crippen molar-refractivity contribution in [2.24, 2.45) is 0 Å². The quantitative estimate of drug-likeness (QED) is 0.612. The van der Waals surface area contributed by atoms with Gasteiger partial charge in [-0.25, -0.2) is 0 Å². The van der Waals surface area contributed by atoms with Crippen LogP contribution in [-0.4, -0.2) is 48.3 Å². The molecule has 1 unspecified atom stereocenters. The minimum atomic E-state index is -0.0712. The summed E-state index contributed by atoms with van der Waals surface area (Å²) in [6.07, 6.45) is 2.07. The van der Waals surface area contributed by atoms with E-state index in [2.05, 4.69) is 24.1 Å². The van der Waals surface area contributed by atoms with E-state index in [4.69, 9.17) is 0 Å².